The number of nitrogens with zero attached hydrogens (tertiary/aromatic N) is 2. The summed E-state index contributed by atoms with van der Waals surface area (Å²) in [4.78, 5) is 18.8. The lowest BCUT2D eigenvalue weighted by Gasteiger charge is -2.26. The topological polar surface area (TPSA) is 33.2 Å². The van der Waals surface area contributed by atoms with E-state index in [4.69, 9.17) is 0 Å². The number of carbonyl (C=O) groups is 1. The van der Waals surface area contributed by atoms with Crippen LogP contribution in [0.25, 0.3) is 10.9 Å². The van der Waals surface area contributed by atoms with Crippen LogP contribution in [0.4, 0.5) is 4.39 Å². The second-order valence-electron chi connectivity index (χ2n) is 5.52. The summed E-state index contributed by atoms with van der Waals surface area (Å²) in [6.45, 7) is 1.93. The number of aromatic nitrogens is 1. The fourth-order valence-electron chi connectivity index (χ4n) is 2.62. The highest BCUT2D eigenvalue weighted by molar-refractivity contribution is 6.06. The maximum atomic E-state index is 13.1. The second kappa shape index (κ2) is 6.16. The zero-order chi connectivity index (χ0) is 16.4. The van der Waals surface area contributed by atoms with Gasteiger partial charge in [0.25, 0.3) is 5.91 Å². The smallest absolute Gasteiger partial charge is 0.254 e. The van der Waals surface area contributed by atoms with E-state index >= 15 is 0 Å². The fourth-order valence-corrected chi connectivity index (χ4v) is 2.62. The molecule has 3 nitrogen and oxygen atoms in total. The van der Waals surface area contributed by atoms with Crippen LogP contribution in [-0.4, -0.2) is 22.8 Å². The van der Waals surface area contributed by atoms with E-state index in [1.165, 1.54) is 12.1 Å². The van der Waals surface area contributed by atoms with Crippen molar-refractivity contribution in [2.45, 2.75) is 13.0 Å². The van der Waals surface area contributed by atoms with Crippen molar-refractivity contribution in [3.63, 3.8) is 0 Å². The van der Waals surface area contributed by atoms with Crippen LogP contribution in [0.1, 0.15) is 28.9 Å². The number of benzene rings is 2. The minimum absolute atomic E-state index is 0.0829. The van der Waals surface area contributed by atoms with Gasteiger partial charge >= 0.3 is 0 Å². The van der Waals surface area contributed by atoms with Crippen molar-refractivity contribution in [2.75, 3.05) is 7.05 Å². The molecule has 0 spiro atoms. The highest BCUT2D eigenvalue weighted by Gasteiger charge is 2.20. The van der Waals surface area contributed by atoms with Gasteiger partial charge in [-0.25, -0.2) is 4.39 Å². The van der Waals surface area contributed by atoms with Gasteiger partial charge in [-0.3, -0.25) is 9.78 Å². The maximum Gasteiger partial charge on any atom is 0.254 e. The molecule has 0 radical (unpaired) electrons. The summed E-state index contributed by atoms with van der Waals surface area (Å²) in [7, 11) is 1.76. The Balaban J connectivity index is 1.93. The molecule has 1 amide bonds. The van der Waals surface area contributed by atoms with E-state index in [1.54, 1.807) is 36.3 Å². The highest BCUT2D eigenvalue weighted by atomic mass is 19.1. The fraction of sp³-hybridized carbons (Fsp3) is 0.158. The van der Waals surface area contributed by atoms with Crippen LogP contribution < -0.4 is 0 Å². The first-order valence-electron chi connectivity index (χ1n) is 7.44. The number of carbonyl (C=O) groups excluding carboxylic acids is 1. The van der Waals surface area contributed by atoms with E-state index in [0.717, 1.165) is 16.5 Å². The summed E-state index contributed by atoms with van der Waals surface area (Å²) in [5, 5.41) is 0.832. The second-order valence-corrected chi connectivity index (χ2v) is 5.52. The van der Waals surface area contributed by atoms with Crippen LogP contribution in [0.15, 0.2) is 60.8 Å². The summed E-state index contributed by atoms with van der Waals surface area (Å²) < 4.78 is 13.1. The normalized spacial score (nSPS) is 12.1. The van der Waals surface area contributed by atoms with Gasteiger partial charge in [-0.15, -0.1) is 0 Å². The Kier molecular flexibility index (Phi) is 4.06. The van der Waals surface area contributed by atoms with Crippen molar-refractivity contribution in [2.24, 2.45) is 0 Å². The monoisotopic (exact) mass is 308 g/mol. The predicted molar refractivity (Wildman–Crippen MR) is 88.7 cm³/mol. The Morgan fingerprint density at radius 3 is 2.57 bits per heavy atom. The number of rotatable bonds is 3. The highest BCUT2D eigenvalue weighted by Crippen LogP contribution is 2.24. The molecule has 1 heterocycles. The van der Waals surface area contributed by atoms with Crippen LogP contribution in [0.3, 0.4) is 0 Å². The largest absolute Gasteiger partial charge is 0.335 e. The van der Waals surface area contributed by atoms with Crippen molar-refractivity contribution in [1.29, 1.82) is 0 Å². The zero-order valence-electron chi connectivity index (χ0n) is 13.0. The van der Waals surface area contributed by atoms with Gasteiger partial charge in [0.1, 0.15) is 5.82 Å². The lowest BCUT2D eigenvalue weighted by atomic mass is 10.0. The van der Waals surface area contributed by atoms with E-state index in [-0.39, 0.29) is 17.8 Å². The molecule has 0 bridgehead atoms. The molecule has 0 aliphatic heterocycles. The van der Waals surface area contributed by atoms with Gasteiger partial charge in [0.15, 0.2) is 0 Å². The van der Waals surface area contributed by atoms with Crippen LogP contribution in [-0.2, 0) is 0 Å². The Morgan fingerprint density at radius 1 is 1.09 bits per heavy atom. The van der Waals surface area contributed by atoms with Gasteiger partial charge in [0, 0.05) is 24.2 Å². The molecule has 0 aliphatic rings. The summed E-state index contributed by atoms with van der Waals surface area (Å²) in [6.07, 6.45) is 1.71. The summed E-state index contributed by atoms with van der Waals surface area (Å²) in [6, 6.07) is 15.3. The molecular formula is C19H17FN2O. The molecule has 0 saturated heterocycles. The van der Waals surface area contributed by atoms with Crippen molar-refractivity contribution in [3.8, 4) is 0 Å². The van der Waals surface area contributed by atoms with Gasteiger partial charge in [-0.2, -0.15) is 0 Å². The third-order valence-corrected chi connectivity index (χ3v) is 4.13. The first-order valence-corrected chi connectivity index (χ1v) is 7.44. The minimum Gasteiger partial charge on any atom is -0.335 e. The third-order valence-electron chi connectivity index (χ3n) is 4.13. The predicted octanol–water partition coefficient (Wildman–Crippen LogP) is 4.21. The van der Waals surface area contributed by atoms with Gasteiger partial charge < -0.3 is 4.90 Å². The molecule has 1 atom stereocenters. The number of fused-ring (bicyclic) bond motifs is 1. The van der Waals surface area contributed by atoms with E-state index < -0.39 is 0 Å². The van der Waals surface area contributed by atoms with Gasteiger partial charge in [-0.1, -0.05) is 24.3 Å². The Bertz CT molecular complexity index is 840. The third kappa shape index (κ3) is 2.93. The van der Waals surface area contributed by atoms with Crippen LogP contribution in [0.2, 0.25) is 0 Å². The maximum absolute atomic E-state index is 13.1. The molecule has 2 aromatic carbocycles. The molecule has 4 heteroatoms. The van der Waals surface area contributed by atoms with E-state index in [1.807, 2.05) is 31.2 Å². The SMILES string of the molecule is CC(c1ccc(F)cc1)N(C)C(=O)c1cccc2ncccc12. The molecular weight excluding hydrogens is 291 g/mol. The number of pyridine rings is 1. The van der Waals surface area contributed by atoms with Crippen LogP contribution >= 0.6 is 0 Å². The Morgan fingerprint density at radius 2 is 1.83 bits per heavy atom. The molecule has 3 rings (SSSR count). The quantitative estimate of drug-likeness (QED) is 0.726. The molecule has 0 fully saturated rings. The molecule has 0 N–H and O–H groups in total. The molecule has 23 heavy (non-hydrogen) atoms. The average molecular weight is 308 g/mol. The first-order chi connectivity index (χ1) is 11.1. The first kappa shape index (κ1) is 15.2. The molecule has 1 unspecified atom stereocenters. The standard InChI is InChI=1S/C19H17FN2O/c1-13(14-8-10-15(20)11-9-14)22(2)19(23)17-5-3-7-18-16(17)6-4-12-21-18/h3-13H,1-2H3. The lowest BCUT2D eigenvalue weighted by Crippen LogP contribution is -2.29. The van der Waals surface area contributed by atoms with Gasteiger partial charge in [0.05, 0.1) is 11.6 Å². The lowest BCUT2D eigenvalue weighted by molar-refractivity contribution is 0.0744. The van der Waals surface area contributed by atoms with Crippen molar-refractivity contribution < 1.29 is 9.18 Å². The van der Waals surface area contributed by atoms with Gasteiger partial charge in [-0.05, 0) is 42.8 Å². The van der Waals surface area contributed by atoms with E-state index in [9.17, 15) is 9.18 Å². The van der Waals surface area contributed by atoms with Crippen LogP contribution in [0.5, 0.6) is 0 Å². The Hall–Kier alpha value is -2.75. The minimum atomic E-state index is -0.282. The number of halogens is 1. The summed E-state index contributed by atoms with van der Waals surface area (Å²) in [5.74, 6) is -0.365. The van der Waals surface area contributed by atoms with Crippen LogP contribution in [0, 0.1) is 5.82 Å². The Labute approximate surface area is 134 Å². The molecule has 0 saturated carbocycles. The van der Waals surface area contributed by atoms with Crippen molar-refractivity contribution >= 4 is 16.8 Å². The molecule has 116 valence electrons. The molecule has 3 aromatic rings. The molecule has 1 aromatic heterocycles. The van der Waals surface area contributed by atoms with Crippen molar-refractivity contribution in [3.05, 3.63) is 77.7 Å². The summed E-state index contributed by atoms with van der Waals surface area (Å²) >= 11 is 0. The summed E-state index contributed by atoms with van der Waals surface area (Å²) in [5.41, 5.74) is 2.30. The van der Waals surface area contributed by atoms with E-state index in [2.05, 4.69) is 4.98 Å². The number of amides is 1. The zero-order valence-corrected chi connectivity index (χ0v) is 13.0. The molecule has 0 aliphatic carbocycles. The average Bonchev–Trinajstić information content (AvgIpc) is 2.60. The van der Waals surface area contributed by atoms with E-state index in [0.29, 0.717) is 5.56 Å². The number of hydrogen-bond acceptors (Lipinski definition) is 2. The van der Waals surface area contributed by atoms with Crippen molar-refractivity contribution in [1.82, 2.24) is 9.88 Å². The number of hydrogen-bond donors (Lipinski definition) is 0. The van der Waals surface area contributed by atoms with Gasteiger partial charge in [0.2, 0.25) is 0 Å².